The van der Waals surface area contributed by atoms with Crippen molar-refractivity contribution < 1.29 is 8.42 Å². The minimum atomic E-state index is -3.54. The Morgan fingerprint density at radius 2 is 1.78 bits per heavy atom. The number of anilines is 1. The van der Waals surface area contributed by atoms with Crippen LogP contribution in [0.2, 0.25) is 0 Å². The number of hydrogen-bond donors (Lipinski definition) is 0. The summed E-state index contributed by atoms with van der Waals surface area (Å²) < 4.78 is 29.6. The third-order valence-electron chi connectivity index (χ3n) is 5.05. The molecule has 1 aliphatic heterocycles. The number of imidazole rings is 1. The predicted octanol–water partition coefficient (Wildman–Crippen LogP) is 2.93. The smallest absolute Gasteiger partial charge is 0.245 e. The van der Waals surface area contributed by atoms with Crippen LogP contribution in [0.15, 0.2) is 41.9 Å². The van der Waals surface area contributed by atoms with Crippen molar-refractivity contribution in [3.05, 3.63) is 37.1 Å². The summed E-state index contributed by atoms with van der Waals surface area (Å²) in [6, 6.07) is 3.77. The zero-order valence-corrected chi connectivity index (χ0v) is 17.3. The summed E-state index contributed by atoms with van der Waals surface area (Å²) in [6.07, 6.45) is 9.22. The molecule has 8 heteroatoms. The normalized spacial score (nSPS) is 16.6. The SMILES string of the molecule is CC(C)N(C(C)C)S(=O)(=O)c1ccc(N2CCC(n3ccnc3)CC2)nc1. The lowest BCUT2D eigenvalue weighted by molar-refractivity contribution is 0.302. The molecule has 3 rings (SSSR count). The topological polar surface area (TPSA) is 71.3 Å². The highest BCUT2D eigenvalue weighted by Crippen LogP contribution is 2.27. The maximum absolute atomic E-state index is 12.9. The third-order valence-corrected chi connectivity index (χ3v) is 7.28. The Morgan fingerprint density at radius 1 is 1.11 bits per heavy atom. The summed E-state index contributed by atoms with van der Waals surface area (Å²) >= 11 is 0. The van der Waals surface area contributed by atoms with Crippen LogP contribution in [0.25, 0.3) is 0 Å². The van der Waals surface area contributed by atoms with Gasteiger partial charge in [-0.25, -0.2) is 18.4 Å². The lowest BCUT2D eigenvalue weighted by atomic mass is 10.1. The van der Waals surface area contributed by atoms with Crippen LogP contribution in [0.4, 0.5) is 5.82 Å². The second kappa shape index (κ2) is 7.98. The molecule has 148 valence electrons. The molecule has 0 unspecified atom stereocenters. The molecule has 0 aliphatic carbocycles. The van der Waals surface area contributed by atoms with Crippen molar-refractivity contribution in [1.29, 1.82) is 0 Å². The largest absolute Gasteiger partial charge is 0.356 e. The van der Waals surface area contributed by atoms with E-state index in [-0.39, 0.29) is 17.0 Å². The van der Waals surface area contributed by atoms with Gasteiger partial charge in [0.1, 0.15) is 10.7 Å². The predicted molar refractivity (Wildman–Crippen MR) is 106 cm³/mol. The molecule has 1 fully saturated rings. The van der Waals surface area contributed by atoms with Crippen molar-refractivity contribution in [1.82, 2.24) is 18.8 Å². The first-order valence-corrected chi connectivity index (χ1v) is 11.0. The lowest BCUT2D eigenvalue weighted by Gasteiger charge is -2.33. The Kier molecular flexibility index (Phi) is 5.86. The first-order chi connectivity index (χ1) is 12.8. The van der Waals surface area contributed by atoms with E-state index >= 15 is 0 Å². The third kappa shape index (κ3) is 4.16. The molecule has 0 bridgehead atoms. The van der Waals surface area contributed by atoms with E-state index < -0.39 is 10.0 Å². The van der Waals surface area contributed by atoms with Gasteiger partial charge in [-0.3, -0.25) is 0 Å². The average Bonchev–Trinajstić information content (AvgIpc) is 3.15. The number of nitrogens with zero attached hydrogens (tertiary/aromatic N) is 5. The minimum Gasteiger partial charge on any atom is -0.356 e. The number of pyridine rings is 1. The molecule has 0 radical (unpaired) electrons. The van der Waals surface area contributed by atoms with E-state index in [0.717, 1.165) is 31.7 Å². The molecular weight excluding hydrogens is 362 g/mol. The van der Waals surface area contributed by atoms with Crippen LogP contribution in [-0.4, -0.2) is 52.4 Å². The lowest BCUT2D eigenvalue weighted by Crippen LogP contribution is -2.42. The summed E-state index contributed by atoms with van der Waals surface area (Å²) in [5.74, 6) is 0.832. The van der Waals surface area contributed by atoms with Gasteiger partial charge in [0.15, 0.2) is 0 Å². The summed E-state index contributed by atoms with van der Waals surface area (Å²) in [5.41, 5.74) is 0. The molecule has 7 nitrogen and oxygen atoms in total. The van der Waals surface area contributed by atoms with E-state index in [1.807, 2.05) is 52.5 Å². The van der Waals surface area contributed by atoms with Gasteiger partial charge in [-0.15, -0.1) is 0 Å². The molecule has 3 heterocycles. The molecule has 0 amide bonds. The van der Waals surface area contributed by atoms with Gasteiger partial charge in [0, 0.05) is 49.8 Å². The number of hydrogen-bond acceptors (Lipinski definition) is 5. The fraction of sp³-hybridized carbons (Fsp3) is 0.579. The van der Waals surface area contributed by atoms with Gasteiger partial charge in [0.2, 0.25) is 10.0 Å². The van der Waals surface area contributed by atoms with E-state index in [0.29, 0.717) is 6.04 Å². The molecule has 0 N–H and O–H groups in total. The van der Waals surface area contributed by atoms with Crippen molar-refractivity contribution in [3.63, 3.8) is 0 Å². The molecule has 27 heavy (non-hydrogen) atoms. The van der Waals surface area contributed by atoms with Gasteiger partial charge in [0.25, 0.3) is 0 Å². The van der Waals surface area contributed by atoms with E-state index in [4.69, 9.17) is 0 Å². The molecule has 0 aromatic carbocycles. The summed E-state index contributed by atoms with van der Waals surface area (Å²) in [5, 5.41) is 0. The van der Waals surface area contributed by atoms with Gasteiger partial charge >= 0.3 is 0 Å². The number of aromatic nitrogens is 3. The Balaban J connectivity index is 1.70. The van der Waals surface area contributed by atoms with Crippen LogP contribution in [0.1, 0.15) is 46.6 Å². The number of sulfonamides is 1. The second-order valence-electron chi connectivity index (χ2n) is 7.60. The second-order valence-corrected chi connectivity index (χ2v) is 9.45. The van der Waals surface area contributed by atoms with E-state index in [2.05, 4.69) is 19.4 Å². The Hall–Kier alpha value is -1.93. The molecule has 0 spiro atoms. The van der Waals surface area contributed by atoms with Gasteiger partial charge < -0.3 is 9.47 Å². The first kappa shape index (κ1) is 19.8. The van der Waals surface area contributed by atoms with Crippen molar-refractivity contribution in [2.45, 2.75) is 63.6 Å². The van der Waals surface area contributed by atoms with E-state index in [9.17, 15) is 8.42 Å². The molecule has 2 aromatic rings. The van der Waals surface area contributed by atoms with Crippen LogP contribution in [0.3, 0.4) is 0 Å². The highest BCUT2D eigenvalue weighted by atomic mass is 32.2. The van der Waals surface area contributed by atoms with Crippen LogP contribution >= 0.6 is 0 Å². The Bertz CT molecular complexity index is 815. The van der Waals surface area contributed by atoms with Gasteiger partial charge in [-0.2, -0.15) is 4.31 Å². The molecule has 1 aliphatic rings. The maximum atomic E-state index is 12.9. The fourth-order valence-electron chi connectivity index (χ4n) is 3.86. The summed E-state index contributed by atoms with van der Waals surface area (Å²) in [6.45, 7) is 9.36. The van der Waals surface area contributed by atoms with E-state index in [1.165, 1.54) is 10.5 Å². The van der Waals surface area contributed by atoms with Crippen LogP contribution in [0.5, 0.6) is 0 Å². The zero-order chi connectivity index (χ0) is 19.6. The quantitative estimate of drug-likeness (QED) is 0.757. The highest BCUT2D eigenvalue weighted by molar-refractivity contribution is 7.89. The molecular formula is C19H29N5O2S. The molecule has 0 atom stereocenters. The monoisotopic (exact) mass is 391 g/mol. The zero-order valence-electron chi connectivity index (χ0n) is 16.5. The molecule has 0 saturated carbocycles. The van der Waals surface area contributed by atoms with E-state index in [1.54, 1.807) is 6.07 Å². The highest BCUT2D eigenvalue weighted by Gasteiger charge is 2.30. The first-order valence-electron chi connectivity index (χ1n) is 9.52. The van der Waals surface area contributed by atoms with Gasteiger partial charge in [-0.05, 0) is 52.7 Å². The van der Waals surface area contributed by atoms with Crippen LogP contribution in [-0.2, 0) is 10.0 Å². The Labute approximate surface area is 162 Å². The Morgan fingerprint density at radius 3 is 2.26 bits per heavy atom. The standard InChI is InChI=1S/C19H29N5O2S/c1-15(2)24(16(3)4)27(25,26)18-5-6-19(21-13-18)22-10-7-17(8-11-22)23-12-9-20-14-23/h5-6,9,12-17H,7-8,10-11H2,1-4H3. The maximum Gasteiger partial charge on any atom is 0.245 e. The number of piperidine rings is 1. The minimum absolute atomic E-state index is 0.100. The van der Waals surface area contributed by atoms with Crippen molar-refractivity contribution in [2.75, 3.05) is 18.0 Å². The number of rotatable bonds is 6. The van der Waals surface area contributed by atoms with Crippen molar-refractivity contribution in [3.8, 4) is 0 Å². The van der Waals surface area contributed by atoms with Crippen LogP contribution < -0.4 is 4.90 Å². The van der Waals surface area contributed by atoms with Crippen LogP contribution in [0, 0.1) is 0 Å². The summed E-state index contributed by atoms with van der Waals surface area (Å²) in [4.78, 5) is 11.0. The summed E-state index contributed by atoms with van der Waals surface area (Å²) in [7, 11) is -3.54. The van der Waals surface area contributed by atoms with Crippen molar-refractivity contribution >= 4 is 15.8 Å². The average molecular weight is 392 g/mol. The van der Waals surface area contributed by atoms with Crippen molar-refractivity contribution in [2.24, 2.45) is 0 Å². The molecule has 1 saturated heterocycles. The van der Waals surface area contributed by atoms with Gasteiger partial charge in [-0.1, -0.05) is 0 Å². The van der Waals surface area contributed by atoms with Gasteiger partial charge in [0.05, 0.1) is 6.33 Å². The molecule has 2 aromatic heterocycles. The fourth-order valence-corrected chi connectivity index (χ4v) is 5.64.